The van der Waals surface area contributed by atoms with Gasteiger partial charge < -0.3 is 4.74 Å². The highest BCUT2D eigenvalue weighted by molar-refractivity contribution is 5.83. The normalized spacial score (nSPS) is 46.7. The second kappa shape index (κ2) is 2.84. The third kappa shape index (κ3) is 1.01. The van der Waals surface area contributed by atoms with Gasteiger partial charge in [-0.1, -0.05) is 6.92 Å². The van der Waals surface area contributed by atoms with Crippen LogP contribution in [0, 0.1) is 17.8 Å². The van der Waals surface area contributed by atoms with E-state index in [4.69, 9.17) is 4.74 Å². The van der Waals surface area contributed by atoms with E-state index in [1.54, 1.807) is 7.11 Å². The van der Waals surface area contributed by atoms with Crippen LogP contribution in [-0.2, 0) is 9.53 Å². The minimum absolute atomic E-state index is 0.338. The van der Waals surface area contributed by atoms with Crippen LogP contribution >= 0.6 is 0 Å². The van der Waals surface area contributed by atoms with E-state index in [0.29, 0.717) is 29.6 Å². The first-order valence-electron chi connectivity index (χ1n) is 4.79. The molecule has 2 nitrogen and oxygen atoms in total. The van der Waals surface area contributed by atoms with Crippen molar-refractivity contribution in [3.8, 4) is 0 Å². The Balaban J connectivity index is 2.15. The Kier molecular flexibility index (Phi) is 1.95. The van der Waals surface area contributed by atoms with Crippen LogP contribution in [-0.4, -0.2) is 19.0 Å². The standard InChI is InChI=1S/C10H16O2/c1-6-5-8-7(10(6)12-2)3-4-9(8)11/h6-8,10H,3-5H2,1-2H3. The zero-order chi connectivity index (χ0) is 8.72. The van der Waals surface area contributed by atoms with Gasteiger partial charge in [0.15, 0.2) is 0 Å². The molecule has 4 unspecified atom stereocenters. The van der Waals surface area contributed by atoms with Gasteiger partial charge in [-0.3, -0.25) is 4.79 Å². The summed E-state index contributed by atoms with van der Waals surface area (Å²) in [6.07, 6.45) is 3.26. The maximum Gasteiger partial charge on any atom is 0.136 e. The van der Waals surface area contributed by atoms with E-state index in [2.05, 4.69) is 6.92 Å². The van der Waals surface area contributed by atoms with Gasteiger partial charge in [0.05, 0.1) is 6.10 Å². The van der Waals surface area contributed by atoms with Crippen LogP contribution in [0.25, 0.3) is 0 Å². The summed E-state index contributed by atoms with van der Waals surface area (Å²) >= 11 is 0. The molecule has 0 N–H and O–H groups in total. The number of Topliss-reactive ketones (excluding diaryl/α,β-unsaturated/α-hetero) is 1. The lowest BCUT2D eigenvalue weighted by molar-refractivity contribution is -0.121. The van der Waals surface area contributed by atoms with Gasteiger partial charge in [0.25, 0.3) is 0 Å². The first-order chi connectivity index (χ1) is 5.74. The molecule has 0 saturated heterocycles. The smallest absolute Gasteiger partial charge is 0.136 e. The van der Waals surface area contributed by atoms with Crippen LogP contribution < -0.4 is 0 Å². The molecule has 0 aliphatic heterocycles. The third-order valence-corrected chi connectivity index (χ3v) is 3.54. The largest absolute Gasteiger partial charge is 0.381 e. The van der Waals surface area contributed by atoms with Crippen molar-refractivity contribution >= 4 is 5.78 Å². The summed E-state index contributed by atoms with van der Waals surface area (Å²) in [7, 11) is 1.77. The van der Waals surface area contributed by atoms with Gasteiger partial charge in [0.1, 0.15) is 5.78 Å². The monoisotopic (exact) mass is 168 g/mol. The number of carbonyl (C=O) groups excluding carboxylic acids is 1. The Bertz CT molecular complexity index is 200. The molecule has 0 aromatic rings. The van der Waals surface area contributed by atoms with Gasteiger partial charge in [0.2, 0.25) is 0 Å². The number of carbonyl (C=O) groups is 1. The number of ether oxygens (including phenoxy) is 1. The van der Waals surface area contributed by atoms with E-state index in [0.717, 1.165) is 19.3 Å². The Morgan fingerprint density at radius 3 is 2.92 bits per heavy atom. The molecule has 2 aliphatic carbocycles. The Morgan fingerprint density at radius 1 is 1.50 bits per heavy atom. The average Bonchev–Trinajstić information content (AvgIpc) is 2.52. The minimum atomic E-state index is 0.338. The van der Waals surface area contributed by atoms with Gasteiger partial charge in [0, 0.05) is 19.4 Å². The molecule has 0 spiro atoms. The quantitative estimate of drug-likeness (QED) is 0.595. The molecule has 0 aromatic carbocycles. The topological polar surface area (TPSA) is 26.3 Å². The molecule has 12 heavy (non-hydrogen) atoms. The van der Waals surface area contributed by atoms with E-state index in [-0.39, 0.29) is 0 Å². The van der Waals surface area contributed by atoms with Crippen LogP contribution in [0.2, 0.25) is 0 Å². The molecule has 2 aliphatic rings. The van der Waals surface area contributed by atoms with Crippen LogP contribution in [0.1, 0.15) is 26.2 Å². The lowest BCUT2D eigenvalue weighted by Gasteiger charge is -2.18. The molecule has 0 amide bonds. The highest BCUT2D eigenvalue weighted by atomic mass is 16.5. The molecule has 0 radical (unpaired) electrons. The summed E-state index contributed by atoms with van der Waals surface area (Å²) < 4.78 is 5.43. The van der Waals surface area contributed by atoms with Gasteiger partial charge in [-0.15, -0.1) is 0 Å². The molecular weight excluding hydrogens is 152 g/mol. The van der Waals surface area contributed by atoms with E-state index < -0.39 is 0 Å². The highest BCUT2D eigenvalue weighted by Gasteiger charge is 2.47. The Hall–Kier alpha value is -0.370. The first-order valence-corrected chi connectivity index (χ1v) is 4.79. The molecule has 0 bridgehead atoms. The van der Waals surface area contributed by atoms with Crippen molar-refractivity contribution < 1.29 is 9.53 Å². The second-order valence-electron chi connectivity index (χ2n) is 4.19. The van der Waals surface area contributed by atoms with E-state index in [1.807, 2.05) is 0 Å². The SMILES string of the molecule is COC1C(C)CC2C(=O)CCC21. The first kappa shape index (κ1) is 8.24. The van der Waals surface area contributed by atoms with E-state index in [9.17, 15) is 4.79 Å². The van der Waals surface area contributed by atoms with E-state index >= 15 is 0 Å². The summed E-state index contributed by atoms with van der Waals surface area (Å²) in [5, 5.41) is 0. The summed E-state index contributed by atoms with van der Waals surface area (Å²) in [5.41, 5.74) is 0. The fourth-order valence-corrected chi connectivity index (χ4v) is 3.00. The number of rotatable bonds is 1. The molecule has 4 atom stereocenters. The maximum absolute atomic E-state index is 11.4. The van der Waals surface area contributed by atoms with Crippen LogP contribution in [0.4, 0.5) is 0 Å². The summed E-state index contributed by atoms with van der Waals surface area (Å²) in [5.74, 6) is 1.93. The van der Waals surface area contributed by atoms with Gasteiger partial charge in [-0.2, -0.15) is 0 Å². The highest BCUT2D eigenvalue weighted by Crippen LogP contribution is 2.45. The number of ketones is 1. The van der Waals surface area contributed by atoms with Crippen molar-refractivity contribution in [1.29, 1.82) is 0 Å². The lowest BCUT2D eigenvalue weighted by Crippen LogP contribution is -2.22. The Morgan fingerprint density at radius 2 is 2.25 bits per heavy atom. The van der Waals surface area contributed by atoms with Crippen LogP contribution in [0.5, 0.6) is 0 Å². The van der Waals surface area contributed by atoms with Gasteiger partial charge in [-0.25, -0.2) is 0 Å². The third-order valence-electron chi connectivity index (χ3n) is 3.54. The summed E-state index contributed by atoms with van der Waals surface area (Å²) in [4.78, 5) is 11.4. The van der Waals surface area contributed by atoms with Crippen molar-refractivity contribution in [2.45, 2.75) is 32.3 Å². The molecule has 0 heterocycles. The fourth-order valence-electron chi connectivity index (χ4n) is 3.00. The van der Waals surface area contributed by atoms with Crippen molar-refractivity contribution in [1.82, 2.24) is 0 Å². The molecule has 2 rings (SSSR count). The minimum Gasteiger partial charge on any atom is -0.381 e. The van der Waals surface area contributed by atoms with Crippen molar-refractivity contribution in [2.75, 3.05) is 7.11 Å². The summed E-state index contributed by atoms with van der Waals surface area (Å²) in [6, 6.07) is 0. The zero-order valence-corrected chi connectivity index (χ0v) is 7.75. The van der Waals surface area contributed by atoms with Crippen LogP contribution in [0.3, 0.4) is 0 Å². The Labute approximate surface area is 73.3 Å². The number of hydrogen-bond acceptors (Lipinski definition) is 2. The van der Waals surface area contributed by atoms with Gasteiger partial charge >= 0.3 is 0 Å². The number of hydrogen-bond donors (Lipinski definition) is 0. The fraction of sp³-hybridized carbons (Fsp3) is 0.900. The van der Waals surface area contributed by atoms with Crippen LogP contribution in [0.15, 0.2) is 0 Å². The van der Waals surface area contributed by atoms with Crippen molar-refractivity contribution in [3.63, 3.8) is 0 Å². The predicted molar refractivity (Wildman–Crippen MR) is 45.8 cm³/mol. The molecule has 68 valence electrons. The maximum atomic E-state index is 11.4. The molecule has 2 saturated carbocycles. The molecular formula is C10H16O2. The molecule has 2 fully saturated rings. The number of fused-ring (bicyclic) bond motifs is 1. The zero-order valence-electron chi connectivity index (χ0n) is 7.75. The lowest BCUT2D eigenvalue weighted by atomic mass is 9.98. The molecule has 0 aromatic heterocycles. The van der Waals surface area contributed by atoms with Gasteiger partial charge in [-0.05, 0) is 24.7 Å². The average molecular weight is 168 g/mol. The second-order valence-corrected chi connectivity index (χ2v) is 4.19. The summed E-state index contributed by atoms with van der Waals surface area (Å²) in [6.45, 7) is 2.19. The number of methoxy groups -OCH3 is 1. The van der Waals surface area contributed by atoms with E-state index in [1.165, 1.54) is 0 Å². The van der Waals surface area contributed by atoms with Crippen molar-refractivity contribution in [2.24, 2.45) is 17.8 Å². The molecule has 2 heteroatoms. The predicted octanol–water partition coefficient (Wildman–Crippen LogP) is 1.64. The van der Waals surface area contributed by atoms with Crippen molar-refractivity contribution in [3.05, 3.63) is 0 Å².